The molecule has 4 heterocycles. The van der Waals surface area contributed by atoms with Crippen LogP contribution in [0.2, 0.25) is 0 Å². The Morgan fingerprint density at radius 1 is 1.13 bits per heavy atom. The Labute approximate surface area is 259 Å². The van der Waals surface area contributed by atoms with E-state index in [1.807, 2.05) is 12.1 Å². The highest BCUT2D eigenvalue weighted by atomic mass is 32.2. The van der Waals surface area contributed by atoms with Gasteiger partial charge >= 0.3 is 18.1 Å². The number of aromatic nitrogens is 2. The molecule has 5 rings (SSSR count). The van der Waals surface area contributed by atoms with E-state index in [9.17, 15) is 32.7 Å². The van der Waals surface area contributed by atoms with Crippen molar-refractivity contribution in [1.29, 1.82) is 0 Å². The lowest BCUT2D eigenvalue weighted by atomic mass is 9.80. The van der Waals surface area contributed by atoms with Gasteiger partial charge in [-0.3, -0.25) is 24.3 Å². The molecule has 0 spiro atoms. The zero-order valence-corrected chi connectivity index (χ0v) is 24.8. The van der Waals surface area contributed by atoms with E-state index >= 15 is 0 Å². The smallest absolute Gasteiger partial charge is 0.481 e. The average molecular weight is 650 g/mol. The van der Waals surface area contributed by atoms with Crippen LogP contribution >= 0.6 is 11.8 Å². The van der Waals surface area contributed by atoms with Crippen molar-refractivity contribution in [1.82, 2.24) is 14.9 Å². The highest BCUT2D eigenvalue weighted by molar-refractivity contribution is 8.00. The summed E-state index contributed by atoms with van der Waals surface area (Å²) in [7, 11) is 1.53. The van der Waals surface area contributed by atoms with Crippen LogP contribution < -0.4 is 15.4 Å². The lowest BCUT2D eigenvalue weighted by Crippen LogP contribution is -2.42. The van der Waals surface area contributed by atoms with Gasteiger partial charge < -0.3 is 25.6 Å². The largest absolute Gasteiger partial charge is 0.490 e. The van der Waals surface area contributed by atoms with E-state index in [0.29, 0.717) is 47.9 Å². The predicted octanol–water partition coefficient (Wildman–Crippen LogP) is 4.26. The fourth-order valence-electron chi connectivity index (χ4n) is 5.17. The zero-order valence-electron chi connectivity index (χ0n) is 24.0. The zero-order chi connectivity index (χ0) is 32.7. The van der Waals surface area contributed by atoms with Gasteiger partial charge in [0.1, 0.15) is 5.52 Å². The number of carbonyl (C=O) groups excluding carboxylic acids is 2. The molecule has 1 fully saturated rings. The van der Waals surface area contributed by atoms with Gasteiger partial charge in [-0.15, -0.1) is 11.8 Å². The molecular weight excluding hydrogens is 619 g/mol. The maximum Gasteiger partial charge on any atom is 0.490 e. The van der Waals surface area contributed by atoms with Gasteiger partial charge in [-0.2, -0.15) is 13.2 Å². The number of pyridine rings is 2. The van der Waals surface area contributed by atoms with Gasteiger partial charge in [0.05, 0.1) is 29.8 Å². The minimum absolute atomic E-state index is 0.00226. The third-order valence-corrected chi connectivity index (χ3v) is 8.30. The monoisotopic (exact) mass is 649 g/mol. The SMILES string of the molecule is COc1ccc2nccc(NC(=O)C[C@@H]3CCN(Cc4ccc5c(c4)NC(=O)CS5)C[C@@H]3CC(=O)O)c2n1.O=C(O)C(F)(F)F. The summed E-state index contributed by atoms with van der Waals surface area (Å²) < 4.78 is 36.9. The maximum atomic E-state index is 13.1. The lowest BCUT2D eigenvalue weighted by molar-refractivity contribution is -0.192. The maximum absolute atomic E-state index is 13.1. The van der Waals surface area contributed by atoms with Crippen LogP contribution in [0.5, 0.6) is 5.88 Å². The highest BCUT2D eigenvalue weighted by Gasteiger charge is 2.38. The van der Waals surface area contributed by atoms with Crippen LogP contribution in [0.25, 0.3) is 11.0 Å². The molecule has 2 aliphatic heterocycles. The molecule has 0 saturated carbocycles. The standard InChI is InChI=1S/C27H29N5O5S.C2HF3O2/c1-37-25-5-3-19-27(31-25)20(6-8-28-19)29-23(33)11-17-7-9-32(14-18(17)12-26(35)36)13-16-2-4-22-21(10-16)30-24(34)15-38-22;3-2(4,5)1(6)7/h2-6,8,10,17-18H,7,9,11-15H2,1H3,(H,30,34)(H,35,36)(H,28,29,33);(H,6,7)/t17-,18-;/m0./s1. The average Bonchev–Trinajstić information content (AvgIpc) is 2.98. The number of piperidine rings is 1. The van der Waals surface area contributed by atoms with E-state index < -0.39 is 18.1 Å². The number of carbonyl (C=O) groups is 4. The quantitative estimate of drug-likeness (QED) is 0.275. The van der Waals surface area contributed by atoms with Crippen LogP contribution in [0.1, 0.15) is 24.8 Å². The first-order valence-electron chi connectivity index (χ1n) is 13.7. The van der Waals surface area contributed by atoms with Gasteiger partial charge in [0, 0.05) is 43.1 Å². The number of fused-ring (bicyclic) bond motifs is 2. The van der Waals surface area contributed by atoms with E-state index in [-0.39, 0.29) is 36.5 Å². The summed E-state index contributed by atoms with van der Waals surface area (Å²) in [5, 5.41) is 22.6. The van der Waals surface area contributed by atoms with Gasteiger partial charge in [-0.25, -0.2) is 9.78 Å². The Balaban J connectivity index is 0.000000591. The molecule has 2 aromatic heterocycles. The molecule has 0 bridgehead atoms. The van der Waals surface area contributed by atoms with Crippen LogP contribution in [-0.4, -0.2) is 81.0 Å². The van der Waals surface area contributed by atoms with Crippen molar-refractivity contribution in [2.75, 3.05) is 36.6 Å². The van der Waals surface area contributed by atoms with E-state index in [2.05, 4.69) is 31.6 Å². The number of nitrogens with zero attached hydrogens (tertiary/aromatic N) is 3. The Morgan fingerprint density at radius 3 is 2.58 bits per heavy atom. The molecule has 2 atom stereocenters. The van der Waals surface area contributed by atoms with Crippen molar-refractivity contribution in [3.05, 3.63) is 48.2 Å². The van der Waals surface area contributed by atoms with Crippen LogP contribution in [0.3, 0.4) is 0 Å². The molecule has 12 nitrogen and oxygen atoms in total. The summed E-state index contributed by atoms with van der Waals surface area (Å²) in [6, 6.07) is 11.3. The number of anilines is 2. The molecule has 4 N–H and O–H groups in total. The Hall–Kier alpha value is -4.44. The van der Waals surface area contributed by atoms with Gasteiger partial charge in [-0.05, 0) is 54.6 Å². The van der Waals surface area contributed by atoms with Crippen molar-refractivity contribution < 1.29 is 47.3 Å². The van der Waals surface area contributed by atoms with Crippen molar-refractivity contribution >= 4 is 57.9 Å². The molecule has 45 heavy (non-hydrogen) atoms. The van der Waals surface area contributed by atoms with Crippen molar-refractivity contribution in [3.8, 4) is 5.88 Å². The molecule has 2 aliphatic rings. The first kappa shape index (κ1) is 33.5. The summed E-state index contributed by atoms with van der Waals surface area (Å²) in [6.07, 6.45) is -2.53. The number of carboxylic acid groups (broad SMARTS) is 2. The molecule has 3 aromatic rings. The number of alkyl halides is 3. The number of benzene rings is 1. The molecular formula is C29H30F3N5O7S. The Kier molecular flexibility index (Phi) is 10.8. The van der Waals surface area contributed by atoms with Crippen molar-refractivity contribution in [2.45, 2.75) is 36.9 Å². The molecule has 0 radical (unpaired) electrons. The molecule has 2 amide bonds. The number of methoxy groups -OCH3 is 1. The van der Waals surface area contributed by atoms with Gasteiger partial charge in [0.15, 0.2) is 0 Å². The summed E-state index contributed by atoms with van der Waals surface area (Å²) in [5.41, 5.74) is 3.61. The van der Waals surface area contributed by atoms with Crippen LogP contribution in [-0.2, 0) is 25.7 Å². The van der Waals surface area contributed by atoms with Crippen molar-refractivity contribution in [2.24, 2.45) is 11.8 Å². The van der Waals surface area contributed by atoms with E-state index in [0.717, 1.165) is 22.7 Å². The molecule has 1 saturated heterocycles. The number of amides is 2. The minimum Gasteiger partial charge on any atom is -0.481 e. The second-order valence-electron chi connectivity index (χ2n) is 10.4. The van der Waals surface area contributed by atoms with Gasteiger partial charge in [-0.1, -0.05) is 6.07 Å². The minimum atomic E-state index is -5.08. The number of carboxylic acids is 2. The number of halogens is 3. The molecule has 0 aliphatic carbocycles. The fraction of sp³-hybridized carbons (Fsp3) is 0.379. The number of thioether (sulfide) groups is 1. The van der Waals surface area contributed by atoms with E-state index in [4.69, 9.17) is 14.6 Å². The van der Waals surface area contributed by atoms with Gasteiger partial charge in [0.25, 0.3) is 0 Å². The molecule has 1 aromatic carbocycles. The summed E-state index contributed by atoms with van der Waals surface area (Å²) in [5.74, 6) is -3.18. The molecule has 16 heteroatoms. The summed E-state index contributed by atoms with van der Waals surface area (Å²) >= 11 is 1.53. The number of likely N-dealkylation sites (tertiary alicyclic amines) is 1. The van der Waals surface area contributed by atoms with E-state index in [1.165, 1.54) is 18.9 Å². The first-order chi connectivity index (χ1) is 21.3. The third-order valence-electron chi connectivity index (χ3n) is 7.23. The van der Waals surface area contributed by atoms with Crippen LogP contribution in [0.15, 0.2) is 47.5 Å². The van der Waals surface area contributed by atoms with E-state index in [1.54, 1.807) is 24.4 Å². The number of aliphatic carboxylic acids is 2. The highest BCUT2D eigenvalue weighted by Crippen LogP contribution is 2.34. The topological polar surface area (TPSA) is 171 Å². The fourth-order valence-corrected chi connectivity index (χ4v) is 5.96. The number of rotatable bonds is 8. The number of nitrogens with one attached hydrogen (secondary N) is 2. The summed E-state index contributed by atoms with van der Waals surface area (Å²) in [6.45, 7) is 1.99. The molecule has 240 valence electrons. The van der Waals surface area contributed by atoms with Crippen LogP contribution in [0.4, 0.5) is 24.5 Å². The lowest BCUT2D eigenvalue weighted by Gasteiger charge is -2.38. The number of hydrogen-bond donors (Lipinski definition) is 4. The third kappa shape index (κ3) is 9.28. The number of hydrogen-bond acceptors (Lipinski definition) is 9. The Morgan fingerprint density at radius 2 is 1.89 bits per heavy atom. The van der Waals surface area contributed by atoms with Crippen molar-refractivity contribution in [3.63, 3.8) is 0 Å². The number of ether oxygens (including phenoxy) is 1. The second kappa shape index (κ2) is 14.6. The summed E-state index contributed by atoms with van der Waals surface area (Å²) in [4.78, 5) is 57.4. The first-order valence-corrected chi connectivity index (χ1v) is 14.7. The normalized spacial score (nSPS) is 18.2. The molecule has 0 unspecified atom stereocenters. The predicted molar refractivity (Wildman–Crippen MR) is 158 cm³/mol. The van der Waals surface area contributed by atoms with Crippen LogP contribution in [0, 0.1) is 11.8 Å². The Bertz CT molecular complexity index is 1590. The second-order valence-corrected chi connectivity index (χ2v) is 11.5. The van der Waals surface area contributed by atoms with Gasteiger partial charge in [0.2, 0.25) is 17.7 Å².